The number of anilines is 1. The molecule has 0 unspecified atom stereocenters. The second kappa shape index (κ2) is 6.22. The summed E-state index contributed by atoms with van der Waals surface area (Å²) in [6, 6.07) is 6.37. The van der Waals surface area contributed by atoms with Crippen LogP contribution in [-0.2, 0) is 4.79 Å². The molecular weight excluding hydrogens is 272 g/mol. The van der Waals surface area contributed by atoms with Crippen molar-refractivity contribution in [1.29, 1.82) is 5.26 Å². The summed E-state index contributed by atoms with van der Waals surface area (Å²) >= 11 is 0. The third-order valence-electron chi connectivity index (χ3n) is 3.62. The molecule has 2 rings (SSSR count). The van der Waals surface area contributed by atoms with Crippen molar-refractivity contribution in [2.24, 2.45) is 0 Å². The Morgan fingerprint density at radius 1 is 1.48 bits per heavy atom. The molecule has 7 heteroatoms. The van der Waals surface area contributed by atoms with Gasteiger partial charge in [0.05, 0.1) is 16.6 Å². The van der Waals surface area contributed by atoms with Gasteiger partial charge in [0.15, 0.2) is 0 Å². The Kier molecular flexibility index (Phi) is 4.38. The van der Waals surface area contributed by atoms with Crippen molar-refractivity contribution in [3.05, 3.63) is 33.9 Å². The molecule has 1 aromatic rings. The van der Waals surface area contributed by atoms with Crippen molar-refractivity contribution >= 4 is 17.3 Å². The van der Waals surface area contributed by atoms with Crippen LogP contribution in [0.3, 0.4) is 0 Å². The Bertz CT molecular complexity index is 601. The topological polar surface area (TPSA) is 99.3 Å². The van der Waals surface area contributed by atoms with Gasteiger partial charge in [0, 0.05) is 32.1 Å². The molecule has 0 radical (unpaired) electrons. The van der Waals surface area contributed by atoms with Gasteiger partial charge in [-0.1, -0.05) is 0 Å². The minimum atomic E-state index is -0.492. The lowest BCUT2D eigenvalue weighted by Gasteiger charge is -2.32. The third-order valence-corrected chi connectivity index (χ3v) is 3.62. The molecule has 1 N–H and O–H groups in total. The van der Waals surface area contributed by atoms with Gasteiger partial charge in [0.2, 0.25) is 5.91 Å². The van der Waals surface area contributed by atoms with Crippen LogP contribution in [-0.4, -0.2) is 34.9 Å². The number of hydrogen-bond donors (Lipinski definition) is 1. The first-order chi connectivity index (χ1) is 10.0. The van der Waals surface area contributed by atoms with Crippen molar-refractivity contribution in [2.45, 2.75) is 25.8 Å². The zero-order chi connectivity index (χ0) is 15.4. The summed E-state index contributed by atoms with van der Waals surface area (Å²) in [5, 5.41) is 23.0. The number of benzene rings is 1. The van der Waals surface area contributed by atoms with Gasteiger partial charge in [-0.15, -0.1) is 0 Å². The highest BCUT2D eigenvalue weighted by Crippen LogP contribution is 2.27. The largest absolute Gasteiger partial charge is 0.377 e. The van der Waals surface area contributed by atoms with E-state index in [4.69, 9.17) is 5.26 Å². The van der Waals surface area contributed by atoms with Crippen LogP contribution >= 0.6 is 0 Å². The Morgan fingerprint density at radius 3 is 2.67 bits per heavy atom. The summed E-state index contributed by atoms with van der Waals surface area (Å²) in [5.41, 5.74) is 0.585. The molecule has 1 aromatic carbocycles. The minimum Gasteiger partial charge on any atom is -0.377 e. The van der Waals surface area contributed by atoms with E-state index in [1.807, 2.05) is 6.07 Å². The Hall–Kier alpha value is -2.62. The number of nitrogens with zero attached hydrogens (tertiary/aromatic N) is 3. The Morgan fingerprint density at radius 2 is 2.14 bits per heavy atom. The van der Waals surface area contributed by atoms with E-state index in [-0.39, 0.29) is 23.2 Å². The van der Waals surface area contributed by atoms with Crippen LogP contribution in [0.2, 0.25) is 0 Å². The van der Waals surface area contributed by atoms with Crippen LogP contribution in [0.15, 0.2) is 18.2 Å². The number of nitrogens with one attached hydrogen (secondary N) is 1. The van der Waals surface area contributed by atoms with E-state index < -0.39 is 4.92 Å². The van der Waals surface area contributed by atoms with E-state index in [1.165, 1.54) is 6.07 Å². The number of carbonyl (C=O) groups is 1. The monoisotopic (exact) mass is 288 g/mol. The molecule has 0 aliphatic carbocycles. The van der Waals surface area contributed by atoms with Gasteiger partial charge in [0.25, 0.3) is 5.69 Å². The molecule has 1 amide bonds. The number of likely N-dealkylation sites (tertiary alicyclic amines) is 1. The Balaban J connectivity index is 2.09. The first-order valence-corrected chi connectivity index (χ1v) is 6.72. The summed E-state index contributed by atoms with van der Waals surface area (Å²) in [6.45, 7) is 2.84. The fourth-order valence-corrected chi connectivity index (χ4v) is 2.43. The average Bonchev–Trinajstić information content (AvgIpc) is 2.48. The van der Waals surface area contributed by atoms with Crippen LogP contribution in [0.4, 0.5) is 11.4 Å². The van der Waals surface area contributed by atoms with Crippen LogP contribution in [0.25, 0.3) is 0 Å². The van der Waals surface area contributed by atoms with Gasteiger partial charge >= 0.3 is 0 Å². The van der Waals surface area contributed by atoms with E-state index in [0.717, 1.165) is 12.8 Å². The number of rotatable bonds is 3. The van der Waals surface area contributed by atoms with E-state index >= 15 is 0 Å². The smallest absolute Gasteiger partial charge is 0.293 e. The number of nitro groups is 1. The number of amides is 1. The summed E-state index contributed by atoms with van der Waals surface area (Å²) in [4.78, 5) is 23.6. The second-order valence-corrected chi connectivity index (χ2v) is 5.03. The fourth-order valence-electron chi connectivity index (χ4n) is 2.43. The van der Waals surface area contributed by atoms with Gasteiger partial charge in [-0.3, -0.25) is 14.9 Å². The quantitative estimate of drug-likeness (QED) is 0.676. The first kappa shape index (κ1) is 14.8. The normalized spacial score (nSPS) is 15.3. The maximum atomic E-state index is 11.3. The average molecular weight is 288 g/mol. The molecule has 0 aromatic heterocycles. The highest BCUT2D eigenvalue weighted by atomic mass is 16.6. The van der Waals surface area contributed by atoms with Gasteiger partial charge in [-0.05, 0) is 25.0 Å². The van der Waals surface area contributed by atoms with Crippen LogP contribution in [0.5, 0.6) is 0 Å². The molecule has 21 heavy (non-hydrogen) atoms. The lowest BCUT2D eigenvalue weighted by atomic mass is 10.0. The number of carbonyl (C=O) groups excluding carboxylic acids is 1. The molecule has 1 aliphatic heterocycles. The number of hydrogen-bond acceptors (Lipinski definition) is 5. The molecule has 0 atom stereocenters. The zero-order valence-electron chi connectivity index (χ0n) is 11.7. The van der Waals surface area contributed by atoms with Gasteiger partial charge in [0.1, 0.15) is 5.69 Å². The van der Waals surface area contributed by atoms with Crippen molar-refractivity contribution in [2.75, 3.05) is 18.4 Å². The molecule has 1 fully saturated rings. The molecule has 1 aliphatic rings. The molecule has 110 valence electrons. The van der Waals surface area contributed by atoms with Crippen molar-refractivity contribution in [3.8, 4) is 6.07 Å². The van der Waals surface area contributed by atoms with Gasteiger partial charge in [-0.2, -0.15) is 5.26 Å². The van der Waals surface area contributed by atoms with E-state index in [1.54, 1.807) is 24.0 Å². The second-order valence-electron chi connectivity index (χ2n) is 5.03. The SMILES string of the molecule is CC(=O)N1CCC(Nc2ccc(C#N)cc2[N+](=O)[O-])CC1. The maximum Gasteiger partial charge on any atom is 0.293 e. The van der Waals surface area contributed by atoms with Gasteiger partial charge in [-0.25, -0.2) is 0 Å². The predicted molar refractivity (Wildman–Crippen MR) is 76.7 cm³/mol. The van der Waals surface area contributed by atoms with Gasteiger partial charge < -0.3 is 10.2 Å². The summed E-state index contributed by atoms with van der Waals surface area (Å²) in [7, 11) is 0. The third kappa shape index (κ3) is 3.48. The highest BCUT2D eigenvalue weighted by Gasteiger charge is 2.23. The number of piperidine rings is 1. The maximum absolute atomic E-state index is 11.3. The molecular formula is C14H16N4O3. The molecule has 1 saturated heterocycles. The van der Waals surface area contributed by atoms with E-state index in [2.05, 4.69) is 5.32 Å². The van der Waals surface area contributed by atoms with E-state index in [0.29, 0.717) is 18.8 Å². The standard InChI is InChI=1S/C14H16N4O3/c1-10(19)17-6-4-12(5-7-17)16-13-3-2-11(9-15)8-14(13)18(20)21/h2-3,8,12,16H,4-7H2,1H3. The highest BCUT2D eigenvalue weighted by molar-refractivity contribution is 5.73. The van der Waals surface area contributed by atoms with Crippen LogP contribution in [0.1, 0.15) is 25.3 Å². The fraction of sp³-hybridized carbons (Fsp3) is 0.429. The first-order valence-electron chi connectivity index (χ1n) is 6.72. The predicted octanol–water partition coefficient (Wildman–Crippen LogP) is 1.89. The van der Waals surface area contributed by atoms with Crippen molar-refractivity contribution in [3.63, 3.8) is 0 Å². The molecule has 0 saturated carbocycles. The zero-order valence-corrected chi connectivity index (χ0v) is 11.7. The molecule has 7 nitrogen and oxygen atoms in total. The Labute approximate surface area is 122 Å². The lowest BCUT2D eigenvalue weighted by Crippen LogP contribution is -2.41. The minimum absolute atomic E-state index is 0.0535. The number of nitro benzene ring substituents is 1. The molecule has 0 spiro atoms. The number of nitriles is 1. The lowest BCUT2D eigenvalue weighted by molar-refractivity contribution is -0.384. The van der Waals surface area contributed by atoms with Crippen LogP contribution in [0, 0.1) is 21.4 Å². The van der Waals surface area contributed by atoms with Crippen molar-refractivity contribution < 1.29 is 9.72 Å². The summed E-state index contributed by atoms with van der Waals surface area (Å²) in [5.74, 6) is 0.0535. The molecule has 0 bridgehead atoms. The van der Waals surface area contributed by atoms with E-state index in [9.17, 15) is 14.9 Å². The summed E-state index contributed by atoms with van der Waals surface area (Å²) < 4.78 is 0. The summed E-state index contributed by atoms with van der Waals surface area (Å²) in [6.07, 6.45) is 1.49. The molecule has 1 heterocycles. The van der Waals surface area contributed by atoms with Crippen molar-refractivity contribution in [1.82, 2.24) is 4.90 Å². The van der Waals surface area contributed by atoms with Crippen LogP contribution < -0.4 is 5.32 Å².